The second-order valence-electron chi connectivity index (χ2n) is 16.7. The Hall–Kier alpha value is -8.41. The molecule has 0 fully saturated rings. The van der Waals surface area contributed by atoms with Gasteiger partial charge in [-0.25, -0.2) is 15.0 Å². The molecular weight excluding hydrogens is 779 g/mol. The van der Waals surface area contributed by atoms with Gasteiger partial charge in [-0.15, -0.1) is 0 Å². The number of rotatable bonds is 6. The Balaban J connectivity index is 1.05. The van der Waals surface area contributed by atoms with E-state index in [0.717, 1.165) is 56.2 Å². The molecule has 13 rings (SSSR count). The molecular formula is C59H39N5. The zero-order valence-electron chi connectivity index (χ0n) is 34.8. The fraction of sp³-hybridized carbons (Fsp3) is 0.0339. The van der Waals surface area contributed by atoms with E-state index >= 15 is 0 Å². The molecule has 0 radical (unpaired) electrons. The molecule has 12 aromatic rings. The summed E-state index contributed by atoms with van der Waals surface area (Å²) < 4.78 is 5.06. The SMILES string of the molecule is C1=CCC(n2c3cc4c(cc3c3ccc5ccccc5c32)c2ccccc2n4-c2cccc3c(-c4nc(-c5ccccc5)nc(-c5cccc(-c6ccccc6)c5)n4)cccc23)C=C1. The maximum absolute atomic E-state index is 5.27. The van der Waals surface area contributed by atoms with E-state index in [-0.39, 0.29) is 6.04 Å². The number of nitrogens with zero attached hydrogens (tertiary/aromatic N) is 5. The Labute approximate surface area is 369 Å². The average molecular weight is 818 g/mol. The Morgan fingerprint density at radius 2 is 1.05 bits per heavy atom. The number of hydrogen-bond acceptors (Lipinski definition) is 3. The van der Waals surface area contributed by atoms with Crippen LogP contribution in [0, 0.1) is 0 Å². The third kappa shape index (κ3) is 5.75. The van der Waals surface area contributed by atoms with Crippen LogP contribution in [-0.2, 0) is 0 Å². The standard InChI is InChI=1S/C59H39N5/c1-4-17-38(18-5-1)41-22-14-23-42(35-41)58-60-57(40-20-6-2-7-21-40)61-59(62-58)49-30-15-29-46-45(49)28-16-32-53(46)64-52-31-13-12-27-47(52)50-36-51-48-34-33-39-19-10-11-26-44(39)56(48)63(54(51)37-55(50)64)43-24-8-3-9-25-43/h1-24,26-37,43H,25H2. The zero-order chi connectivity index (χ0) is 42.1. The Morgan fingerprint density at radius 1 is 0.391 bits per heavy atom. The lowest BCUT2D eigenvalue weighted by atomic mass is 10.0. The third-order valence-corrected chi connectivity index (χ3v) is 13.0. The van der Waals surface area contributed by atoms with Crippen molar-refractivity contribution in [2.75, 3.05) is 0 Å². The molecule has 0 saturated carbocycles. The summed E-state index contributed by atoms with van der Waals surface area (Å²) in [6.07, 6.45) is 9.94. The highest BCUT2D eigenvalue weighted by atomic mass is 15.0. The summed E-state index contributed by atoms with van der Waals surface area (Å²) >= 11 is 0. The van der Waals surface area contributed by atoms with Gasteiger partial charge < -0.3 is 9.13 Å². The normalized spacial score (nSPS) is 13.9. The van der Waals surface area contributed by atoms with Crippen LogP contribution in [0.4, 0.5) is 0 Å². The first-order valence-corrected chi connectivity index (χ1v) is 22.0. The van der Waals surface area contributed by atoms with Gasteiger partial charge in [0.15, 0.2) is 17.5 Å². The molecule has 64 heavy (non-hydrogen) atoms. The summed E-state index contributed by atoms with van der Waals surface area (Å²) in [5, 5.41) is 9.72. The van der Waals surface area contributed by atoms with E-state index in [1.807, 2.05) is 24.3 Å². The van der Waals surface area contributed by atoms with Crippen molar-refractivity contribution in [2.45, 2.75) is 12.5 Å². The minimum absolute atomic E-state index is 0.193. The smallest absolute Gasteiger partial charge is 0.164 e. The molecule has 3 heterocycles. The van der Waals surface area contributed by atoms with Crippen molar-refractivity contribution in [1.29, 1.82) is 0 Å². The van der Waals surface area contributed by atoms with Crippen molar-refractivity contribution < 1.29 is 0 Å². The highest BCUT2D eigenvalue weighted by molar-refractivity contribution is 6.23. The first-order chi connectivity index (χ1) is 31.7. The monoisotopic (exact) mass is 817 g/mol. The van der Waals surface area contributed by atoms with E-state index in [4.69, 9.17) is 15.0 Å². The molecule has 0 N–H and O–H groups in total. The highest BCUT2D eigenvalue weighted by Crippen LogP contribution is 2.44. The number of fused-ring (bicyclic) bond motifs is 9. The number of benzene rings is 9. The molecule has 1 atom stereocenters. The molecule has 1 aliphatic carbocycles. The molecule has 300 valence electrons. The molecule has 0 aliphatic heterocycles. The van der Waals surface area contributed by atoms with Crippen LogP contribution >= 0.6 is 0 Å². The minimum atomic E-state index is 0.193. The lowest BCUT2D eigenvalue weighted by Gasteiger charge is -2.19. The fourth-order valence-electron chi connectivity index (χ4n) is 10.1. The summed E-state index contributed by atoms with van der Waals surface area (Å²) in [7, 11) is 0. The summed E-state index contributed by atoms with van der Waals surface area (Å²) in [5.41, 5.74) is 11.0. The van der Waals surface area contributed by atoms with E-state index in [0.29, 0.717) is 17.5 Å². The zero-order valence-corrected chi connectivity index (χ0v) is 34.8. The largest absolute Gasteiger partial charge is 0.333 e. The van der Waals surface area contributed by atoms with E-state index in [1.165, 1.54) is 48.9 Å². The van der Waals surface area contributed by atoms with E-state index < -0.39 is 0 Å². The highest BCUT2D eigenvalue weighted by Gasteiger charge is 2.23. The number of hydrogen-bond donors (Lipinski definition) is 0. The Morgan fingerprint density at radius 3 is 1.89 bits per heavy atom. The van der Waals surface area contributed by atoms with Gasteiger partial charge in [0, 0.05) is 49.0 Å². The molecule has 3 aromatic heterocycles. The van der Waals surface area contributed by atoms with E-state index in [2.05, 4.69) is 203 Å². The van der Waals surface area contributed by atoms with Gasteiger partial charge in [0.2, 0.25) is 0 Å². The summed E-state index contributed by atoms with van der Waals surface area (Å²) in [5.74, 6) is 1.90. The predicted molar refractivity (Wildman–Crippen MR) is 266 cm³/mol. The van der Waals surface area contributed by atoms with E-state index in [1.54, 1.807) is 0 Å². The van der Waals surface area contributed by atoms with Crippen molar-refractivity contribution in [3.63, 3.8) is 0 Å². The summed E-state index contributed by atoms with van der Waals surface area (Å²) in [6, 6.07) is 69.6. The van der Waals surface area contributed by atoms with E-state index in [9.17, 15) is 0 Å². The lowest BCUT2D eigenvalue weighted by molar-refractivity contribution is 0.649. The van der Waals surface area contributed by atoms with Crippen molar-refractivity contribution >= 4 is 65.2 Å². The Bertz CT molecular complexity index is 3870. The summed E-state index contributed by atoms with van der Waals surface area (Å²) in [6.45, 7) is 0. The van der Waals surface area contributed by atoms with Crippen LogP contribution in [-0.4, -0.2) is 24.1 Å². The number of allylic oxidation sites excluding steroid dienone is 4. The molecule has 0 saturated heterocycles. The molecule has 5 nitrogen and oxygen atoms in total. The maximum Gasteiger partial charge on any atom is 0.164 e. The quantitative estimate of drug-likeness (QED) is 0.168. The van der Waals surface area contributed by atoms with Gasteiger partial charge in [-0.05, 0) is 58.7 Å². The average Bonchev–Trinajstić information content (AvgIpc) is 3.88. The van der Waals surface area contributed by atoms with Gasteiger partial charge in [0.25, 0.3) is 0 Å². The molecule has 5 heteroatoms. The van der Waals surface area contributed by atoms with Crippen LogP contribution in [0.25, 0.3) is 116 Å². The molecule has 1 unspecified atom stereocenters. The second kappa shape index (κ2) is 14.6. The molecule has 9 aromatic carbocycles. The number of aromatic nitrogens is 5. The van der Waals surface area contributed by atoms with Gasteiger partial charge in [-0.3, -0.25) is 0 Å². The van der Waals surface area contributed by atoms with Crippen LogP contribution in [0.1, 0.15) is 12.5 Å². The van der Waals surface area contributed by atoms with Gasteiger partial charge >= 0.3 is 0 Å². The van der Waals surface area contributed by atoms with Gasteiger partial charge in [-0.1, -0.05) is 188 Å². The molecule has 1 aliphatic rings. The second-order valence-corrected chi connectivity index (χ2v) is 16.7. The predicted octanol–water partition coefficient (Wildman–Crippen LogP) is 15.1. The first-order valence-electron chi connectivity index (χ1n) is 22.0. The van der Waals surface area contributed by atoms with Crippen LogP contribution in [0.2, 0.25) is 0 Å². The molecule has 0 amide bonds. The Kier molecular flexibility index (Phi) is 8.28. The molecule has 0 spiro atoms. The first kappa shape index (κ1) is 36.3. The van der Waals surface area contributed by atoms with Crippen LogP contribution in [0.5, 0.6) is 0 Å². The minimum Gasteiger partial charge on any atom is -0.333 e. The maximum atomic E-state index is 5.27. The third-order valence-electron chi connectivity index (χ3n) is 13.0. The van der Waals surface area contributed by atoms with Crippen LogP contribution in [0.15, 0.2) is 218 Å². The van der Waals surface area contributed by atoms with Crippen molar-refractivity contribution in [3.8, 4) is 51.0 Å². The van der Waals surface area contributed by atoms with Crippen molar-refractivity contribution in [2.24, 2.45) is 0 Å². The molecule has 0 bridgehead atoms. The number of para-hydroxylation sites is 1. The lowest BCUT2D eigenvalue weighted by Crippen LogP contribution is -2.07. The van der Waals surface area contributed by atoms with Crippen molar-refractivity contribution in [3.05, 3.63) is 218 Å². The summed E-state index contributed by atoms with van der Waals surface area (Å²) in [4.78, 5) is 15.6. The van der Waals surface area contributed by atoms with Crippen molar-refractivity contribution in [1.82, 2.24) is 24.1 Å². The van der Waals surface area contributed by atoms with Gasteiger partial charge in [0.1, 0.15) is 0 Å². The van der Waals surface area contributed by atoms with Gasteiger partial charge in [0.05, 0.1) is 33.8 Å². The van der Waals surface area contributed by atoms with Crippen LogP contribution in [0.3, 0.4) is 0 Å². The topological polar surface area (TPSA) is 48.5 Å². The van der Waals surface area contributed by atoms with Gasteiger partial charge in [-0.2, -0.15) is 0 Å². The fourth-order valence-corrected chi connectivity index (χ4v) is 10.1. The van der Waals surface area contributed by atoms with Crippen LogP contribution < -0.4 is 0 Å².